The summed E-state index contributed by atoms with van der Waals surface area (Å²) in [5.74, 6) is -5.80. The van der Waals surface area contributed by atoms with E-state index in [1.165, 1.54) is 0 Å². The molecule has 0 saturated carbocycles. The van der Waals surface area contributed by atoms with E-state index in [1.807, 2.05) is 0 Å². The summed E-state index contributed by atoms with van der Waals surface area (Å²) < 4.78 is 134. The summed E-state index contributed by atoms with van der Waals surface area (Å²) in [6.07, 6.45) is -22.4. The third-order valence-corrected chi connectivity index (χ3v) is 1.36. The molecule has 13 heteroatoms. The maximum absolute atomic E-state index is 12.3. The molecule has 0 aliphatic rings. The molecule has 116 valence electrons. The maximum Gasteiger partial charge on any atom is 0.525 e. The van der Waals surface area contributed by atoms with Crippen molar-refractivity contribution in [3.05, 3.63) is 0 Å². The zero-order valence-corrected chi connectivity index (χ0v) is 8.26. The van der Waals surface area contributed by atoms with Crippen molar-refractivity contribution in [1.29, 1.82) is 0 Å². The molecule has 0 spiro atoms. The van der Waals surface area contributed by atoms with E-state index in [1.54, 1.807) is 0 Å². The van der Waals surface area contributed by atoms with Gasteiger partial charge in [-0.15, -0.1) is 13.2 Å². The summed E-state index contributed by atoms with van der Waals surface area (Å²) in [5.41, 5.74) is 0. The highest BCUT2D eigenvalue weighted by Crippen LogP contribution is 2.38. The molecule has 0 aromatic heterocycles. The molecule has 0 bridgehead atoms. The van der Waals surface area contributed by atoms with Crippen LogP contribution in [0.5, 0.6) is 0 Å². The van der Waals surface area contributed by atoms with E-state index in [4.69, 9.17) is 0 Å². The largest absolute Gasteiger partial charge is 0.525 e. The lowest BCUT2D eigenvalue weighted by molar-refractivity contribution is -0.431. The topological polar surface area (TPSA) is 18.5 Å². The Balaban J connectivity index is 4.63. The first-order chi connectivity index (χ1) is 8.08. The minimum Gasteiger partial charge on any atom is -0.309 e. The molecule has 0 amide bonds. The van der Waals surface area contributed by atoms with Crippen molar-refractivity contribution in [2.75, 3.05) is 6.61 Å². The van der Waals surface area contributed by atoms with Gasteiger partial charge < -0.3 is 4.74 Å². The van der Waals surface area contributed by atoms with E-state index in [-0.39, 0.29) is 0 Å². The summed E-state index contributed by atoms with van der Waals surface area (Å²) in [7, 11) is 0. The van der Waals surface area contributed by atoms with Crippen molar-refractivity contribution in [2.45, 2.75) is 30.9 Å². The lowest BCUT2D eigenvalue weighted by atomic mass is 10.3. The van der Waals surface area contributed by atoms with Crippen LogP contribution in [0, 0.1) is 0 Å². The van der Waals surface area contributed by atoms with Gasteiger partial charge in [-0.2, -0.15) is 30.7 Å². The molecule has 0 aliphatic heterocycles. The standard InChI is InChI=1S/C6H3F11O2/c7-2(19-6(15,16)17)4(10,11)18-1-3(8,9)5(12,13)14/h2H,1H2. The van der Waals surface area contributed by atoms with Crippen LogP contribution in [0.15, 0.2) is 0 Å². The molecule has 0 fully saturated rings. The van der Waals surface area contributed by atoms with E-state index in [9.17, 15) is 48.3 Å². The number of hydrogen-bond donors (Lipinski definition) is 0. The number of rotatable bonds is 5. The van der Waals surface area contributed by atoms with E-state index >= 15 is 0 Å². The highest BCUT2D eigenvalue weighted by atomic mass is 19.4. The first kappa shape index (κ1) is 18.1. The van der Waals surface area contributed by atoms with Gasteiger partial charge in [-0.25, -0.2) is 9.13 Å². The van der Waals surface area contributed by atoms with Crippen LogP contribution in [0.25, 0.3) is 0 Å². The quantitative estimate of drug-likeness (QED) is 0.721. The van der Waals surface area contributed by atoms with Crippen LogP contribution in [0.3, 0.4) is 0 Å². The Morgan fingerprint density at radius 1 is 0.789 bits per heavy atom. The minimum absolute atomic E-state index is 2.09. The van der Waals surface area contributed by atoms with Gasteiger partial charge in [0.1, 0.15) is 6.61 Å². The summed E-state index contributed by atoms with van der Waals surface area (Å²) in [5, 5.41) is 0. The van der Waals surface area contributed by atoms with Gasteiger partial charge in [0.15, 0.2) is 0 Å². The molecule has 1 atom stereocenters. The van der Waals surface area contributed by atoms with Crippen molar-refractivity contribution in [3.63, 3.8) is 0 Å². The van der Waals surface area contributed by atoms with Crippen LogP contribution in [-0.4, -0.2) is 37.5 Å². The second-order valence-corrected chi connectivity index (χ2v) is 2.93. The van der Waals surface area contributed by atoms with Crippen molar-refractivity contribution in [1.82, 2.24) is 0 Å². The summed E-state index contributed by atoms with van der Waals surface area (Å²) in [4.78, 5) is 0. The highest BCUT2D eigenvalue weighted by molar-refractivity contribution is 4.76. The predicted molar refractivity (Wildman–Crippen MR) is 33.9 cm³/mol. The number of hydrogen-bond acceptors (Lipinski definition) is 2. The van der Waals surface area contributed by atoms with Crippen LogP contribution in [0.1, 0.15) is 0 Å². The van der Waals surface area contributed by atoms with Crippen LogP contribution >= 0.6 is 0 Å². The Labute approximate surface area is 96.6 Å². The molecule has 2 nitrogen and oxygen atoms in total. The first-order valence-corrected chi connectivity index (χ1v) is 3.93. The average molecular weight is 316 g/mol. The van der Waals surface area contributed by atoms with E-state index in [0.29, 0.717) is 0 Å². The first-order valence-electron chi connectivity index (χ1n) is 3.93. The zero-order chi connectivity index (χ0) is 15.7. The molecular weight excluding hydrogens is 313 g/mol. The molecule has 1 unspecified atom stereocenters. The van der Waals surface area contributed by atoms with Gasteiger partial charge in [0.2, 0.25) is 0 Å². The Bertz CT molecular complexity index is 293. The summed E-state index contributed by atoms with van der Waals surface area (Å²) >= 11 is 0. The second kappa shape index (κ2) is 5.26. The van der Waals surface area contributed by atoms with Gasteiger partial charge in [0, 0.05) is 0 Å². The van der Waals surface area contributed by atoms with Crippen molar-refractivity contribution in [2.24, 2.45) is 0 Å². The van der Waals surface area contributed by atoms with Gasteiger partial charge in [-0.05, 0) is 0 Å². The van der Waals surface area contributed by atoms with Crippen LogP contribution in [-0.2, 0) is 9.47 Å². The lowest BCUT2D eigenvalue weighted by Gasteiger charge is -2.25. The molecule has 0 heterocycles. The Morgan fingerprint density at radius 2 is 1.21 bits per heavy atom. The minimum atomic E-state index is -6.29. The third-order valence-electron chi connectivity index (χ3n) is 1.36. The molecule has 0 saturated heterocycles. The monoisotopic (exact) mass is 316 g/mol. The van der Waals surface area contributed by atoms with Crippen LogP contribution in [0.4, 0.5) is 48.3 Å². The molecule has 0 aliphatic carbocycles. The SMILES string of the molecule is FC(OC(F)(F)F)C(F)(F)OCC(F)(F)C(F)(F)F. The average Bonchev–Trinajstić information content (AvgIpc) is 2.10. The smallest absolute Gasteiger partial charge is 0.309 e. The molecule has 0 rings (SSSR count). The zero-order valence-electron chi connectivity index (χ0n) is 8.26. The van der Waals surface area contributed by atoms with Gasteiger partial charge >= 0.3 is 24.6 Å². The third kappa shape index (κ3) is 5.76. The molecule has 0 N–H and O–H groups in total. The normalized spacial score (nSPS) is 16.6. The molecule has 0 aromatic rings. The number of alkyl halides is 11. The molecule has 0 radical (unpaired) electrons. The fraction of sp³-hybridized carbons (Fsp3) is 1.00. The van der Waals surface area contributed by atoms with E-state index in [2.05, 4.69) is 9.47 Å². The molecule has 0 aromatic carbocycles. The van der Waals surface area contributed by atoms with Gasteiger partial charge in [0.05, 0.1) is 0 Å². The summed E-state index contributed by atoms with van der Waals surface area (Å²) in [6, 6.07) is 0. The second-order valence-electron chi connectivity index (χ2n) is 2.93. The Kier molecular flexibility index (Phi) is 5.03. The van der Waals surface area contributed by atoms with Gasteiger partial charge in [-0.1, -0.05) is 0 Å². The molecule has 19 heavy (non-hydrogen) atoms. The van der Waals surface area contributed by atoms with Gasteiger partial charge in [-0.3, -0.25) is 0 Å². The van der Waals surface area contributed by atoms with E-state index in [0.717, 1.165) is 0 Å². The fourth-order valence-electron chi connectivity index (χ4n) is 0.520. The summed E-state index contributed by atoms with van der Waals surface area (Å²) in [6.45, 7) is -3.08. The Hall–Kier alpha value is -0.850. The van der Waals surface area contributed by atoms with E-state index < -0.39 is 37.5 Å². The van der Waals surface area contributed by atoms with Crippen LogP contribution < -0.4 is 0 Å². The van der Waals surface area contributed by atoms with Crippen molar-refractivity contribution in [3.8, 4) is 0 Å². The van der Waals surface area contributed by atoms with Gasteiger partial charge in [0.25, 0.3) is 6.36 Å². The number of ether oxygens (including phenoxy) is 2. The number of halogens is 11. The highest BCUT2D eigenvalue weighted by Gasteiger charge is 2.60. The maximum atomic E-state index is 12.3. The van der Waals surface area contributed by atoms with Crippen molar-refractivity contribution >= 4 is 0 Å². The Morgan fingerprint density at radius 3 is 1.53 bits per heavy atom. The molecular formula is C6H3F11O2. The predicted octanol–water partition coefficient (Wildman–Crippen LogP) is 3.63. The lowest BCUT2D eigenvalue weighted by Crippen LogP contribution is -2.46. The van der Waals surface area contributed by atoms with Crippen molar-refractivity contribution < 1.29 is 57.8 Å². The fourth-order valence-corrected chi connectivity index (χ4v) is 0.520. The van der Waals surface area contributed by atoms with Crippen LogP contribution in [0.2, 0.25) is 0 Å².